The predicted molar refractivity (Wildman–Crippen MR) is 68.2 cm³/mol. The second-order valence-electron chi connectivity index (χ2n) is 3.69. The fourth-order valence-electron chi connectivity index (χ4n) is 1.20. The third-order valence-corrected chi connectivity index (χ3v) is 3.15. The summed E-state index contributed by atoms with van der Waals surface area (Å²) in [5, 5.41) is 9.17. The van der Waals surface area contributed by atoms with Gasteiger partial charge in [0.1, 0.15) is 0 Å². The van der Waals surface area contributed by atoms with Crippen LogP contribution in [0.4, 0.5) is 0 Å². The van der Waals surface area contributed by atoms with Crippen molar-refractivity contribution in [3.63, 3.8) is 0 Å². The molecule has 1 unspecified atom stereocenters. The van der Waals surface area contributed by atoms with Crippen LogP contribution < -0.4 is 4.74 Å². The number of hydrogen-bond acceptors (Lipinski definition) is 2. The molecule has 0 aliphatic rings. The Hall–Kier alpha value is -0.0600. The van der Waals surface area contributed by atoms with Gasteiger partial charge in [-0.3, -0.25) is 0 Å². The standard InChI is InChI=1S/C11H14Br2O2/c1-6(2)8-4-9(12)11(10(13)5-8)15-7(3)14/h4-7,14H,1-3H3. The lowest BCUT2D eigenvalue weighted by atomic mass is 10.0. The highest BCUT2D eigenvalue weighted by molar-refractivity contribution is 9.11. The lowest BCUT2D eigenvalue weighted by Crippen LogP contribution is -2.10. The van der Waals surface area contributed by atoms with Gasteiger partial charge in [-0.05, 0) is 62.4 Å². The van der Waals surface area contributed by atoms with Gasteiger partial charge in [0, 0.05) is 0 Å². The Morgan fingerprint density at radius 3 is 1.93 bits per heavy atom. The number of rotatable bonds is 3. The number of ether oxygens (including phenoxy) is 1. The number of halogens is 2. The molecule has 0 aromatic heterocycles. The summed E-state index contributed by atoms with van der Waals surface area (Å²) in [5.74, 6) is 1.09. The van der Waals surface area contributed by atoms with E-state index in [4.69, 9.17) is 9.84 Å². The van der Waals surface area contributed by atoms with Crippen LogP contribution in [0.15, 0.2) is 21.1 Å². The average Bonchev–Trinajstić information content (AvgIpc) is 2.10. The van der Waals surface area contributed by atoms with Gasteiger partial charge < -0.3 is 9.84 Å². The van der Waals surface area contributed by atoms with E-state index in [1.165, 1.54) is 5.56 Å². The molecule has 0 radical (unpaired) electrons. The first kappa shape index (κ1) is 13.0. The van der Waals surface area contributed by atoms with Crippen molar-refractivity contribution in [3.8, 4) is 5.75 Å². The van der Waals surface area contributed by atoms with Crippen LogP contribution >= 0.6 is 31.9 Å². The van der Waals surface area contributed by atoms with Crippen LogP contribution in [-0.4, -0.2) is 11.4 Å². The predicted octanol–water partition coefficient (Wildman–Crippen LogP) is 4.05. The number of hydrogen-bond donors (Lipinski definition) is 1. The molecule has 2 nitrogen and oxygen atoms in total. The van der Waals surface area contributed by atoms with Gasteiger partial charge >= 0.3 is 0 Å². The van der Waals surface area contributed by atoms with Gasteiger partial charge in [0.05, 0.1) is 8.95 Å². The summed E-state index contributed by atoms with van der Waals surface area (Å²) in [5.41, 5.74) is 1.21. The van der Waals surface area contributed by atoms with Crippen LogP contribution in [0.3, 0.4) is 0 Å². The highest BCUT2D eigenvalue weighted by Gasteiger charge is 2.12. The minimum Gasteiger partial charge on any atom is -0.463 e. The summed E-state index contributed by atoms with van der Waals surface area (Å²) in [6.07, 6.45) is -0.817. The molecule has 4 heteroatoms. The molecule has 0 saturated heterocycles. The molecule has 0 fully saturated rings. The van der Waals surface area contributed by atoms with Crippen molar-refractivity contribution in [1.29, 1.82) is 0 Å². The summed E-state index contributed by atoms with van der Waals surface area (Å²) < 4.78 is 6.97. The smallest absolute Gasteiger partial charge is 0.194 e. The molecule has 1 aromatic rings. The van der Waals surface area contributed by atoms with Gasteiger partial charge in [0.2, 0.25) is 0 Å². The van der Waals surface area contributed by atoms with Crippen molar-refractivity contribution in [1.82, 2.24) is 0 Å². The molecule has 1 aromatic carbocycles. The van der Waals surface area contributed by atoms with E-state index in [-0.39, 0.29) is 0 Å². The van der Waals surface area contributed by atoms with Crippen molar-refractivity contribution in [2.24, 2.45) is 0 Å². The first-order valence-corrected chi connectivity index (χ1v) is 6.34. The minimum absolute atomic E-state index is 0.457. The maximum Gasteiger partial charge on any atom is 0.194 e. The molecule has 0 aliphatic heterocycles. The van der Waals surface area contributed by atoms with Crippen molar-refractivity contribution < 1.29 is 9.84 Å². The van der Waals surface area contributed by atoms with E-state index in [0.29, 0.717) is 11.7 Å². The normalized spacial score (nSPS) is 13.0. The summed E-state index contributed by atoms with van der Waals surface area (Å²) in [6, 6.07) is 4.01. The first-order valence-electron chi connectivity index (χ1n) is 4.75. The quantitative estimate of drug-likeness (QED) is 0.843. The van der Waals surface area contributed by atoms with E-state index in [1.807, 2.05) is 12.1 Å². The number of aliphatic hydroxyl groups is 1. The van der Waals surface area contributed by atoms with Crippen LogP contribution in [0.5, 0.6) is 5.75 Å². The molecular formula is C11H14Br2O2. The highest BCUT2D eigenvalue weighted by Crippen LogP contribution is 2.37. The first-order chi connectivity index (χ1) is 6.91. The van der Waals surface area contributed by atoms with Crippen LogP contribution in [0, 0.1) is 0 Å². The van der Waals surface area contributed by atoms with E-state index < -0.39 is 6.29 Å². The maximum atomic E-state index is 9.17. The van der Waals surface area contributed by atoms with Crippen molar-refractivity contribution in [2.45, 2.75) is 33.0 Å². The third-order valence-electron chi connectivity index (χ3n) is 1.98. The van der Waals surface area contributed by atoms with Crippen LogP contribution in [-0.2, 0) is 0 Å². The summed E-state index contributed by atoms with van der Waals surface area (Å²) >= 11 is 6.86. The van der Waals surface area contributed by atoms with E-state index in [9.17, 15) is 0 Å². The average molecular weight is 338 g/mol. The van der Waals surface area contributed by atoms with Crippen LogP contribution in [0.25, 0.3) is 0 Å². The van der Waals surface area contributed by atoms with Gasteiger partial charge in [-0.15, -0.1) is 0 Å². The van der Waals surface area contributed by atoms with Gasteiger partial charge in [-0.1, -0.05) is 13.8 Å². The third kappa shape index (κ3) is 3.47. The second kappa shape index (κ2) is 5.32. The summed E-state index contributed by atoms with van der Waals surface area (Å²) in [7, 11) is 0. The summed E-state index contributed by atoms with van der Waals surface area (Å²) in [6.45, 7) is 5.84. The van der Waals surface area contributed by atoms with Crippen LogP contribution in [0.1, 0.15) is 32.3 Å². The SMILES string of the molecule is CC(O)Oc1c(Br)cc(C(C)C)cc1Br. The Balaban J connectivity index is 3.10. The molecule has 0 saturated carbocycles. The number of aliphatic hydroxyl groups excluding tert-OH is 1. The van der Waals surface area contributed by atoms with Gasteiger partial charge in [0.25, 0.3) is 0 Å². The Bertz CT molecular complexity index is 325. The lowest BCUT2D eigenvalue weighted by molar-refractivity contribution is -0.00145. The molecule has 0 heterocycles. The van der Waals surface area contributed by atoms with Gasteiger partial charge in [0.15, 0.2) is 12.0 Å². The Morgan fingerprint density at radius 2 is 1.60 bits per heavy atom. The molecular weight excluding hydrogens is 324 g/mol. The minimum atomic E-state index is -0.817. The molecule has 1 atom stereocenters. The lowest BCUT2D eigenvalue weighted by Gasteiger charge is -2.15. The second-order valence-corrected chi connectivity index (χ2v) is 5.39. The van der Waals surface area contributed by atoms with Crippen LogP contribution in [0.2, 0.25) is 0 Å². The molecule has 1 rings (SSSR count). The highest BCUT2D eigenvalue weighted by atomic mass is 79.9. The van der Waals surface area contributed by atoms with E-state index in [2.05, 4.69) is 45.7 Å². The molecule has 0 bridgehead atoms. The van der Waals surface area contributed by atoms with Gasteiger partial charge in [-0.2, -0.15) is 0 Å². The monoisotopic (exact) mass is 336 g/mol. The zero-order chi connectivity index (χ0) is 11.6. The van der Waals surface area contributed by atoms with E-state index in [0.717, 1.165) is 8.95 Å². The van der Waals surface area contributed by atoms with E-state index >= 15 is 0 Å². The van der Waals surface area contributed by atoms with Gasteiger partial charge in [-0.25, -0.2) is 0 Å². The molecule has 84 valence electrons. The summed E-state index contributed by atoms with van der Waals surface area (Å²) in [4.78, 5) is 0. The Morgan fingerprint density at radius 1 is 1.13 bits per heavy atom. The largest absolute Gasteiger partial charge is 0.463 e. The van der Waals surface area contributed by atoms with E-state index in [1.54, 1.807) is 6.92 Å². The molecule has 15 heavy (non-hydrogen) atoms. The molecule has 0 aliphatic carbocycles. The topological polar surface area (TPSA) is 29.5 Å². The zero-order valence-electron chi connectivity index (χ0n) is 8.92. The fourth-order valence-corrected chi connectivity index (χ4v) is 2.60. The van der Waals surface area contributed by atoms with Crippen molar-refractivity contribution in [3.05, 3.63) is 26.6 Å². The number of benzene rings is 1. The molecule has 0 spiro atoms. The molecule has 1 N–H and O–H groups in total. The van der Waals surface area contributed by atoms with Crippen molar-refractivity contribution >= 4 is 31.9 Å². The Labute approximate surface area is 107 Å². The maximum absolute atomic E-state index is 9.17. The molecule has 0 amide bonds. The fraction of sp³-hybridized carbons (Fsp3) is 0.455. The zero-order valence-corrected chi connectivity index (χ0v) is 12.1. The van der Waals surface area contributed by atoms with Crippen molar-refractivity contribution in [2.75, 3.05) is 0 Å². The Kier molecular flexibility index (Phi) is 4.62.